The number of hydrogen-bond acceptors (Lipinski definition) is 4. The zero-order valence-electron chi connectivity index (χ0n) is 13.8. The fraction of sp³-hybridized carbons (Fsp3) is 0.688. The average molecular weight is 486 g/mol. The molecule has 8 heteroatoms. The van der Waals surface area contributed by atoms with Crippen molar-refractivity contribution in [3.8, 4) is 0 Å². The molecule has 0 aromatic carbocycles. The summed E-state index contributed by atoms with van der Waals surface area (Å²) in [5.41, 5.74) is 0.385. The van der Waals surface area contributed by atoms with E-state index >= 15 is 0 Å². The molecule has 2 aliphatic rings. The topological polar surface area (TPSA) is 57.1 Å². The van der Waals surface area contributed by atoms with Gasteiger partial charge in [-0.05, 0) is 36.8 Å². The van der Waals surface area contributed by atoms with Gasteiger partial charge in [-0.2, -0.15) is 0 Å². The minimum atomic E-state index is -0.566. The zero-order valence-corrected chi connectivity index (χ0v) is 17.7. The van der Waals surface area contributed by atoms with Crippen molar-refractivity contribution in [2.75, 3.05) is 39.9 Å². The van der Waals surface area contributed by atoms with Crippen molar-refractivity contribution >= 4 is 52.9 Å². The minimum Gasteiger partial charge on any atom is -0.386 e. The van der Waals surface area contributed by atoms with Crippen LogP contribution in [0.3, 0.4) is 0 Å². The maximum Gasteiger partial charge on any atom is 0.193 e. The lowest BCUT2D eigenvalue weighted by atomic mass is 9.80. The number of ether oxygens (including phenoxy) is 1. The van der Waals surface area contributed by atoms with Crippen LogP contribution in [0, 0.1) is 5.41 Å². The monoisotopic (exact) mass is 485 g/mol. The number of halogens is 2. The predicted octanol–water partition coefficient (Wildman–Crippen LogP) is 3.13. The molecule has 2 saturated heterocycles. The summed E-state index contributed by atoms with van der Waals surface area (Å²) in [6.07, 6.45) is 2.90. The van der Waals surface area contributed by atoms with Gasteiger partial charge in [0.2, 0.25) is 0 Å². The second kappa shape index (κ2) is 9.02. The third-order valence-corrected chi connectivity index (χ3v) is 6.21. The maximum atomic E-state index is 10.3. The van der Waals surface area contributed by atoms with E-state index in [1.54, 1.807) is 7.05 Å². The highest BCUT2D eigenvalue weighted by Crippen LogP contribution is 2.39. The number of thiophene rings is 1. The molecule has 1 aromatic rings. The number of guanidine groups is 1. The van der Waals surface area contributed by atoms with Crippen LogP contribution in [0.15, 0.2) is 17.1 Å². The Kier molecular flexibility index (Phi) is 7.60. The molecule has 136 valence electrons. The molecule has 0 bridgehead atoms. The van der Waals surface area contributed by atoms with Gasteiger partial charge < -0.3 is 20.1 Å². The summed E-state index contributed by atoms with van der Waals surface area (Å²) in [5.74, 6) is 0.870. The van der Waals surface area contributed by atoms with Crippen molar-refractivity contribution in [3.05, 3.63) is 21.3 Å². The molecule has 3 rings (SSSR count). The molecule has 2 N–H and O–H groups in total. The summed E-state index contributed by atoms with van der Waals surface area (Å²) >= 11 is 7.34. The summed E-state index contributed by atoms with van der Waals surface area (Å²) in [5, 5.41) is 13.6. The Morgan fingerprint density at radius 2 is 2.21 bits per heavy atom. The highest BCUT2D eigenvalue weighted by atomic mass is 127. The first-order valence-corrected chi connectivity index (χ1v) is 9.28. The van der Waals surface area contributed by atoms with Crippen molar-refractivity contribution in [3.63, 3.8) is 0 Å². The number of aliphatic imine (C=N–C) groups is 1. The number of aliphatic hydroxyl groups excluding tert-OH is 1. The first-order valence-electron chi connectivity index (χ1n) is 8.09. The standard InChI is InChI=1S/C16H24ClN3O2S.HI/c1-18-15(19-10-12(21)13-2-3-14(17)23-13)20-7-4-16(11-20)5-8-22-9-6-16;/h2-3,12,21H,4-11H2,1H3,(H,18,19);1H. The lowest BCUT2D eigenvalue weighted by molar-refractivity contribution is 0.0217. The third-order valence-electron chi connectivity index (χ3n) is 4.88. The molecule has 0 saturated carbocycles. The van der Waals surface area contributed by atoms with Gasteiger partial charge in [0.05, 0.1) is 4.34 Å². The van der Waals surface area contributed by atoms with Gasteiger partial charge in [-0.3, -0.25) is 4.99 Å². The van der Waals surface area contributed by atoms with Gasteiger partial charge in [0, 0.05) is 44.8 Å². The molecule has 1 unspecified atom stereocenters. The molecule has 1 aromatic heterocycles. The SMILES string of the molecule is CN=C(NCC(O)c1ccc(Cl)s1)N1CCC2(CCOCC2)C1.I. The summed E-state index contributed by atoms with van der Waals surface area (Å²) in [4.78, 5) is 7.57. The molecule has 2 aliphatic heterocycles. The molecule has 2 fully saturated rings. The van der Waals surface area contributed by atoms with Crippen LogP contribution in [0.4, 0.5) is 0 Å². The molecule has 1 atom stereocenters. The first kappa shape index (κ1) is 20.2. The largest absolute Gasteiger partial charge is 0.386 e. The van der Waals surface area contributed by atoms with Gasteiger partial charge >= 0.3 is 0 Å². The van der Waals surface area contributed by atoms with Gasteiger partial charge in [0.25, 0.3) is 0 Å². The van der Waals surface area contributed by atoms with Gasteiger partial charge in [0.1, 0.15) is 6.10 Å². The van der Waals surface area contributed by atoms with E-state index in [2.05, 4.69) is 15.2 Å². The predicted molar refractivity (Wildman–Crippen MR) is 110 cm³/mol. The van der Waals surface area contributed by atoms with E-state index in [1.165, 1.54) is 17.8 Å². The Labute approximate surface area is 169 Å². The number of nitrogens with one attached hydrogen (secondary N) is 1. The molecule has 24 heavy (non-hydrogen) atoms. The van der Waals surface area contributed by atoms with Crippen LogP contribution in [-0.2, 0) is 4.74 Å². The summed E-state index contributed by atoms with van der Waals surface area (Å²) in [6.45, 7) is 4.23. The van der Waals surface area contributed by atoms with Gasteiger partial charge in [-0.1, -0.05) is 11.6 Å². The van der Waals surface area contributed by atoms with Crippen molar-refractivity contribution in [1.82, 2.24) is 10.2 Å². The molecular weight excluding hydrogens is 461 g/mol. The second-order valence-corrected chi connectivity index (χ2v) is 8.12. The number of likely N-dealkylation sites (tertiary alicyclic amines) is 1. The Morgan fingerprint density at radius 3 is 2.83 bits per heavy atom. The summed E-state index contributed by atoms with van der Waals surface area (Å²) in [7, 11) is 1.80. The minimum absolute atomic E-state index is 0. The highest BCUT2D eigenvalue weighted by molar-refractivity contribution is 14.0. The van der Waals surface area contributed by atoms with Crippen molar-refractivity contribution < 1.29 is 9.84 Å². The number of nitrogens with zero attached hydrogens (tertiary/aromatic N) is 2. The third kappa shape index (κ3) is 4.75. The van der Waals surface area contributed by atoms with Crippen LogP contribution in [0.5, 0.6) is 0 Å². The van der Waals surface area contributed by atoms with E-state index in [-0.39, 0.29) is 24.0 Å². The Morgan fingerprint density at radius 1 is 1.46 bits per heavy atom. The van der Waals surface area contributed by atoms with Crippen molar-refractivity contribution in [2.24, 2.45) is 10.4 Å². The Hall–Kier alpha value is -0.0900. The van der Waals surface area contributed by atoms with Crippen LogP contribution >= 0.6 is 46.9 Å². The number of aliphatic hydroxyl groups is 1. The second-order valence-electron chi connectivity index (χ2n) is 6.37. The highest BCUT2D eigenvalue weighted by Gasteiger charge is 2.40. The molecule has 0 radical (unpaired) electrons. The molecule has 1 spiro atoms. The number of rotatable bonds is 3. The molecule has 5 nitrogen and oxygen atoms in total. The molecule has 0 aliphatic carbocycles. The van der Waals surface area contributed by atoms with Crippen LogP contribution in [0.1, 0.15) is 30.2 Å². The molecular formula is C16H25ClIN3O2S. The van der Waals surface area contributed by atoms with E-state index in [4.69, 9.17) is 16.3 Å². The fourth-order valence-corrected chi connectivity index (χ4v) is 4.50. The summed E-state index contributed by atoms with van der Waals surface area (Å²) < 4.78 is 6.20. The lowest BCUT2D eigenvalue weighted by Crippen LogP contribution is -2.43. The van der Waals surface area contributed by atoms with Crippen LogP contribution in [-0.4, -0.2) is 55.9 Å². The fourth-order valence-electron chi connectivity index (χ4n) is 3.46. The van der Waals surface area contributed by atoms with Gasteiger partial charge in [-0.15, -0.1) is 35.3 Å². The normalized spacial score (nSPS) is 21.6. The van der Waals surface area contributed by atoms with Crippen molar-refractivity contribution in [1.29, 1.82) is 0 Å². The molecule has 0 amide bonds. The Balaban J connectivity index is 0.00000208. The number of hydrogen-bond donors (Lipinski definition) is 2. The van der Waals surface area contributed by atoms with E-state index < -0.39 is 6.10 Å². The van der Waals surface area contributed by atoms with Crippen molar-refractivity contribution in [2.45, 2.75) is 25.4 Å². The van der Waals surface area contributed by atoms with Gasteiger partial charge in [0.15, 0.2) is 5.96 Å². The van der Waals surface area contributed by atoms with E-state index in [9.17, 15) is 5.11 Å². The smallest absolute Gasteiger partial charge is 0.193 e. The van der Waals surface area contributed by atoms with E-state index in [0.29, 0.717) is 16.3 Å². The quantitative estimate of drug-likeness (QED) is 0.392. The molecule has 3 heterocycles. The Bertz CT molecular complexity index is 563. The lowest BCUT2D eigenvalue weighted by Gasteiger charge is -2.33. The van der Waals surface area contributed by atoms with Crippen LogP contribution in [0.25, 0.3) is 0 Å². The summed E-state index contributed by atoms with van der Waals surface area (Å²) in [6, 6.07) is 3.68. The van der Waals surface area contributed by atoms with Crippen LogP contribution < -0.4 is 5.32 Å². The van der Waals surface area contributed by atoms with Gasteiger partial charge in [-0.25, -0.2) is 0 Å². The zero-order chi connectivity index (χ0) is 16.3. The van der Waals surface area contributed by atoms with E-state index in [0.717, 1.165) is 50.0 Å². The van der Waals surface area contributed by atoms with E-state index in [1.807, 2.05) is 12.1 Å². The maximum absolute atomic E-state index is 10.3. The van der Waals surface area contributed by atoms with Crippen LogP contribution in [0.2, 0.25) is 4.34 Å². The first-order chi connectivity index (χ1) is 11.1. The average Bonchev–Trinajstić information content (AvgIpc) is 3.16.